The van der Waals surface area contributed by atoms with Crippen molar-refractivity contribution in [3.8, 4) is 5.75 Å². The molecule has 0 saturated carbocycles. The lowest BCUT2D eigenvalue weighted by Crippen LogP contribution is -2.68. The minimum Gasteiger partial charge on any atom is -0.460 e. The number of benzene rings is 2. The Bertz CT molecular complexity index is 3030. The summed E-state index contributed by atoms with van der Waals surface area (Å²) in [5.74, 6) is -8.79. The average molecular weight is 1550 g/mol. The van der Waals surface area contributed by atoms with E-state index in [1.165, 1.54) is 12.1 Å². The Balaban J connectivity index is 1.14. The fourth-order valence-electron chi connectivity index (χ4n) is 11.4. The first-order valence-electron chi connectivity index (χ1n) is 29.2. The molecule has 2 aromatic rings. The number of aliphatic hydroxyl groups is 14. The highest BCUT2D eigenvalue weighted by atomic mass is 127. The minimum atomic E-state index is -2.33. The number of rotatable bonds is 17. The molecular formula is C54H77I2N12O25+. The molecule has 0 bridgehead atoms. The van der Waals surface area contributed by atoms with Crippen molar-refractivity contribution < 1.29 is 129 Å². The van der Waals surface area contributed by atoms with E-state index in [0.717, 1.165) is 4.58 Å². The number of nitrogens with two attached hydrogens (primary N) is 2. The van der Waals surface area contributed by atoms with Gasteiger partial charge < -0.3 is 138 Å². The van der Waals surface area contributed by atoms with Crippen molar-refractivity contribution in [2.75, 3.05) is 46.1 Å². The third-order valence-corrected chi connectivity index (χ3v) is 18.3. The van der Waals surface area contributed by atoms with E-state index in [1.807, 2.05) is 45.2 Å². The van der Waals surface area contributed by atoms with Crippen molar-refractivity contribution in [3.63, 3.8) is 0 Å². The molecule has 6 aliphatic rings. The van der Waals surface area contributed by atoms with Crippen LogP contribution in [-0.2, 0) is 54.1 Å². The van der Waals surface area contributed by atoms with Crippen LogP contribution >= 0.6 is 45.2 Å². The zero-order valence-corrected chi connectivity index (χ0v) is 53.5. The van der Waals surface area contributed by atoms with Crippen molar-refractivity contribution in [2.45, 2.75) is 166 Å². The number of guanidine groups is 2. The van der Waals surface area contributed by atoms with E-state index in [1.54, 1.807) is 37.3 Å². The number of amides is 6. The molecule has 6 aliphatic heterocycles. The molecular weight excluding hydrogens is 1470 g/mol. The minimum absolute atomic E-state index is 0.00726. The molecule has 37 nitrogen and oxygen atoms in total. The highest BCUT2D eigenvalue weighted by Gasteiger charge is 2.55. The topological polar surface area (TPSA) is 595 Å². The number of halogens is 2. The normalized spacial score (nSPS) is 37.0. The second-order valence-corrected chi connectivity index (χ2v) is 25.2. The first-order chi connectivity index (χ1) is 44.1. The molecule has 1 unspecified atom stereocenters. The van der Waals surface area contributed by atoms with Crippen molar-refractivity contribution >= 4 is 92.5 Å². The van der Waals surface area contributed by atoms with Gasteiger partial charge in [0.15, 0.2) is 12.2 Å². The Morgan fingerprint density at radius 2 is 1.16 bits per heavy atom. The van der Waals surface area contributed by atoms with Crippen LogP contribution in [0.1, 0.15) is 24.0 Å². The summed E-state index contributed by atoms with van der Waals surface area (Å²) in [7, 11) is 0. The monoisotopic (exact) mass is 1550 g/mol. The molecule has 6 heterocycles. The maximum atomic E-state index is 15.3. The predicted molar refractivity (Wildman–Crippen MR) is 328 cm³/mol. The van der Waals surface area contributed by atoms with Crippen LogP contribution in [0, 0.1) is 7.14 Å². The first-order valence-corrected chi connectivity index (χ1v) is 31.3. The maximum Gasteiger partial charge on any atom is 0.346 e. The highest BCUT2D eigenvalue weighted by Crippen LogP contribution is 2.35. The zero-order chi connectivity index (χ0) is 68.0. The van der Waals surface area contributed by atoms with Gasteiger partial charge in [0.05, 0.1) is 46.2 Å². The van der Waals surface area contributed by atoms with Crippen LogP contribution in [-0.4, -0.2) is 316 Å². The molecule has 0 aromatic heterocycles. The Morgan fingerprint density at radius 1 is 0.602 bits per heavy atom. The Kier molecular flexibility index (Phi) is 25.1. The van der Waals surface area contributed by atoms with Crippen LogP contribution in [0.25, 0.3) is 0 Å². The van der Waals surface area contributed by atoms with Crippen LogP contribution in [0.5, 0.6) is 5.75 Å². The summed E-state index contributed by atoms with van der Waals surface area (Å²) < 4.78 is 30.1. The van der Waals surface area contributed by atoms with E-state index < -0.39 is 234 Å². The smallest absolute Gasteiger partial charge is 0.346 e. The zero-order valence-electron chi connectivity index (χ0n) is 49.2. The number of hydrogen-bond acceptors (Lipinski definition) is 30. The summed E-state index contributed by atoms with van der Waals surface area (Å²) in [6.45, 7) is -3.77. The van der Waals surface area contributed by atoms with E-state index in [-0.39, 0.29) is 36.9 Å². The maximum absolute atomic E-state index is 15.3. The molecule has 0 spiro atoms. The van der Waals surface area contributed by atoms with Gasteiger partial charge in [-0.1, -0.05) is 37.3 Å². The number of ether oxygens (including phenoxy) is 5. The van der Waals surface area contributed by atoms with Crippen LogP contribution in [0.15, 0.2) is 47.5 Å². The average Bonchev–Trinajstić information content (AvgIpc) is 1.77. The van der Waals surface area contributed by atoms with Crippen LogP contribution in [0.2, 0.25) is 0 Å². The third-order valence-electron chi connectivity index (χ3n) is 16.7. The molecule has 6 amide bonds. The molecule has 516 valence electrons. The molecule has 0 aliphatic carbocycles. The fourth-order valence-corrected chi connectivity index (χ4v) is 13.5. The number of carbonyl (C=O) groups is 6. The molecule has 4 fully saturated rings. The molecule has 4 saturated heterocycles. The van der Waals surface area contributed by atoms with Crippen LogP contribution in [0.3, 0.4) is 0 Å². The number of carbonyl (C=O) groups excluding carboxylic acids is 6. The van der Waals surface area contributed by atoms with Gasteiger partial charge in [0.25, 0.3) is 0 Å². The molecule has 0 radical (unpaired) electrons. The lowest BCUT2D eigenvalue weighted by Gasteiger charge is -2.45. The van der Waals surface area contributed by atoms with E-state index in [2.05, 4.69) is 47.5 Å². The molecule has 25 atom stereocenters. The van der Waals surface area contributed by atoms with Gasteiger partial charge in [-0.2, -0.15) is 0 Å². The first kappa shape index (κ1) is 73.2. The SMILES string of the molecule is C[C@H](c1ccccc1)[C@H]1NC(=O)CNC(=O)C(CO)NC(=O)[C@@H]([C@H](O)[C@@H]2CNC(N)=[N+]2[C@@H]2O[C@@H](CO)[C@H](O)[C@H](O)[C@@H]2O)NC(=O)[C@H]([C@H](O)[C@@H]2CNC(N)=N2)NC(=O)[C@@H](Cc2cc(I)c(O[C@H]3O[C@H](CO)[C@@H](O[C@@H]4O[C@@H](CO)[C@H](O)[C@H](O)[C@@H]4O)[C@@H](O)[C@H]3O)c(I)c2)NC1=O. The summed E-state index contributed by atoms with van der Waals surface area (Å²) in [6, 6.07) is -1.63. The van der Waals surface area contributed by atoms with E-state index >= 15 is 9.59 Å². The van der Waals surface area contributed by atoms with Gasteiger partial charge in [-0.25, -0.2) is 9.57 Å². The summed E-state index contributed by atoms with van der Waals surface area (Å²) in [5.41, 5.74) is 12.9. The summed E-state index contributed by atoms with van der Waals surface area (Å²) in [6.07, 6.45) is -31.7. The number of aliphatic hydroxyl groups excluding tert-OH is 14. The van der Waals surface area contributed by atoms with Gasteiger partial charge in [0.1, 0.15) is 134 Å². The van der Waals surface area contributed by atoms with Crippen LogP contribution < -0.4 is 58.7 Å². The Hall–Kier alpha value is -5.66. The van der Waals surface area contributed by atoms with Crippen LogP contribution in [0.4, 0.5) is 0 Å². The highest BCUT2D eigenvalue weighted by molar-refractivity contribution is 14.1. The van der Waals surface area contributed by atoms with Gasteiger partial charge in [-0.05, 0) is 68.4 Å². The van der Waals surface area contributed by atoms with E-state index in [4.69, 9.17) is 35.2 Å². The lowest BCUT2D eigenvalue weighted by atomic mass is 9.92. The van der Waals surface area contributed by atoms with E-state index in [9.17, 15) is 90.7 Å². The number of aliphatic imine (C=N–C) groups is 1. The number of nitrogens with one attached hydrogen (secondary N) is 8. The molecule has 93 heavy (non-hydrogen) atoms. The van der Waals surface area contributed by atoms with Gasteiger partial charge in [-0.3, -0.25) is 39.8 Å². The third kappa shape index (κ3) is 16.4. The predicted octanol–water partition coefficient (Wildman–Crippen LogP) is -13.1. The second-order valence-electron chi connectivity index (χ2n) is 22.9. The van der Waals surface area contributed by atoms with E-state index in [0.29, 0.717) is 5.56 Å². The van der Waals surface area contributed by atoms with Crippen molar-refractivity contribution in [2.24, 2.45) is 16.5 Å². The molecule has 8 rings (SSSR count). The van der Waals surface area contributed by atoms with Gasteiger partial charge >= 0.3 is 5.96 Å². The van der Waals surface area contributed by atoms with Gasteiger partial charge in [0, 0.05) is 18.9 Å². The molecule has 2 aromatic carbocycles. The quantitative estimate of drug-likeness (QED) is 0.0516. The van der Waals surface area contributed by atoms with Gasteiger partial charge in [-0.15, -0.1) is 0 Å². The lowest BCUT2D eigenvalue weighted by molar-refractivity contribution is -0.663. The van der Waals surface area contributed by atoms with Crippen molar-refractivity contribution in [1.82, 2.24) is 42.5 Å². The fraction of sp³-hybridized carbons (Fsp3) is 0.630. The standard InChI is InChI=1S/C54H76I2N12O25/c1-17(19-5-3-2-4-6-19)30-47(86)62-22(9-18-7-20(55)43(21(56)8-18)92-52-42(83)39(80)44(28(16-72)91-52)93-51-41(82)38(79)36(77)27(15-71)90-51)46(85)66-31(33(74)23-10-60-53(57)64-23)49(88)67-32(48(87)63-24(13-69)45(84)59-12-29(73)65-30)34(75)25-11-61-54(58)68(25)50-40(81)37(78)35(76)26(14-70)89-50/h2-8,17,22-28,30-42,44,50-52,69-72,74-83H,9-16H2,1H3,(H11,57,58,59,60,61,62,63,64,65,66,67,73,84,85,86,87,88)/p+1/t17-,22-,23+,24?,25+,26+,27+,28-,30-,31+,32-,33-,34-,35+,36+,37+,38+,39+,40+,41+,42-,44-,50-,51+,52-/m1/s1. The molecule has 39 heteroatoms. The summed E-state index contributed by atoms with van der Waals surface area (Å²) in [5, 5.41) is 171. The largest absolute Gasteiger partial charge is 0.460 e. The van der Waals surface area contributed by atoms with Gasteiger partial charge in [0.2, 0.25) is 48.0 Å². The number of hydrogen-bond donors (Lipinski definition) is 24. The molecule has 26 N–H and O–H groups in total. The summed E-state index contributed by atoms with van der Waals surface area (Å²) >= 11 is 3.65. The second kappa shape index (κ2) is 31.9. The van der Waals surface area contributed by atoms with Crippen molar-refractivity contribution in [1.29, 1.82) is 0 Å². The Morgan fingerprint density at radius 3 is 1.77 bits per heavy atom. The van der Waals surface area contributed by atoms with Crippen molar-refractivity contribution in [3.05, 3.63) is 60.7 Å². The Labute approximate surface area is 555 Å². The summed E-state index contributed by atoms with van der Waals surface area (Å²) in [4.78, 5) is 91.8. The number of nitrogens with zero attached hydrogens (tertiary/aromatic N) is 2.